The Labute approximate surface area is 126 Å². The molecular formula is C16H16F3NO2. The predicted octanol–water partition coefficient (Wildman–Crippen LogP) is 3.53. The summed E-state index contributed by atoms with van der Waals surface area (Å²) >= 11 is 0. The summed E-state index contributed by atoms with van der Waals surface area (Å²) in [5, 5.41) is 3.05. The molecule has 0 saturated carbocycles. The molecule has 0 aromatic heterocycles. The van der Waals surface area contributed by atoms with Gasteiger partial charge >= 0.3 is 6.18 Å². The van der Waals surface area contributed by atoms with E-state index in [9.17, 15) is 18.0 Å². The second-order valence-corrected chi connectivity index (χ2v) is 4.85. The third-order valence-electron chi connectivity index (χ3n) is 3.32. The van der Waals surface area contributed by atoms with E-state index in [4.69, 9.17) is 4.74 Å². The smallest absolute Gasteiger partial charge is 0.416 e. The monoisotopic (exact) mass is 311 g/mol. The van der Waals surface area contributed by atoms with Crippen molar-refractivity contribution in [1.82, 2.24) is 5.32 Å². The molecule has 3 nitrogen and oxygen atoms in total. The summed E-state index contributed by atoms with van der Waals surface area (Å²) in [4.78, 5) is 12.4. The van der Waals surface area contributed by atoms with Crippen LogP contribution in [0.3, 0.4) is 0 Å². The Morgan fingerprint density at radius 1 is 1.36 bits per heavy atom. The minimum absolute atomic E-state index is 0.260. The molecule has 2 rings (SSSR count). The van der Waals surface area contributed by atoms with E-state index in [1.807, 2.05) is 6.92 Å². The average molecular weight is 311 g/mol. The van der Waals surface area contributed by atoms with Gasteiger partial charge in [0.05, 0.1) is 18.9 Å². The number of rotatable bonds is 4. The first-order chi connectivity index (χ1) is 10.4. The number of nitrogens with one attached hydrogen (secondary N) is 1. The largest absolute Gasteiger partial charge is 0.504 e. The second kappa shape index (κ2) is 6.25. The number of halogens is 3. The van der Waals surface area contributed by atoms with Crippen LogP contribution in [-0.2, 0) is 15.7 Å². The van der Waals surface area contributed by atoms with Gasteiger partial charge in [-0.15, -0.1) is 0 Å². The summed E-state index contributed by atoms with van der Waals surface area (Å²) in [5.74, 6) is -0.308. The van der Waals surface area contributed by atoms with Gasteiger partial charge in [-0.05, 0) is 24.6 Å². The van der Waals surface area contributed by atoms with Crippen LogP contribution in [-0.4, -0.2) is 19.4 Å². The highest BCUT2D eigenvalue weighted by molar-refractivity contribution is 6.32. The van der Waals surface area contributed by atoms with Crippen molar-refractivity contribution in [2.75, 3.05) is 13.7 Å². The van der Waals surface area contributed by atoms with E-state index in [1.165, 1.54) is 25.5 Å². The van der Waals surface area contributed by atoms with Gasteiger partial charge in [-0.25, -0.2) is 0 Å². The van der Waals surface area contributed by atoms with Crippen LogP contribution >= 0.6 is 0 Å². The van der Waals surface area contributed by atoms with Crippen molar-refractivity contribution in [3.05, 3.63) is 52.9 Å². The Morgan fingerprint density at radius 3 is 2.68 bits per heavy atom. The maximum atomic E-state index is 12.8. The second-order valence-electron chi connectivity index (χ2n) is 4.85. The zero-order chi connectivity index (χ0) is 16.3. The zero-order valence-electron chi connectivity index (χ0n) is 12.3. The summed E-state index contributed by atoms with van der Waals surface area (Å²) in [6.07, 6.45) is -2.78. The van der Waals surface area contributed by atoms with Gasteiger partial charge in [-0.3, -0.25) is 4.79 Å². The lowest BCUT2D eigenvalue weighted by Gasteiger charge is -2.11. The van der Waals surface area contributed by atoms with Crippen LogP contribution in [0.25, 0.3) is 5.57 Å². The van der Waals surface area contributed by atoms with Crippen LogP contribution in [0.2, 0.25) is 0 Å². The summed E-state index contributed by atoms with van der Waals surface area (Å²) < 4.78 is 43.4. The molecule has 1 aromatic carbocycles. The Balaban J connectivity index is 2.50. The molecule has 118 valence electrons. The van der Waals surface area contributed by atoms with Crippen LogP contribution in [0, 0.1) is 0 Å². The highest BCUT2D eigenvalue weighted by Crippen LogP contribution is 2.36. The zero-order valence-corrected chi connectivity index (χ0v) is 12.3. The number of ketones is 1. The molecule has 0 atom stereocenters. The van der Waals surface area contributed by atoms with Crippen molar-refractivity contribution >= 4 is 11.4 Å². The standard InChI is InChI=1S/C16H16F3NO2/c1-3-20-13-8-11(9-22-2)15(21)14(13)10-5-4-6-12(7-10)16(17,18)19/h4-7,9,20H,3,8H2,1-2H3/b11-9+. The quantitative estimate of drug-likeness (QED) is 0.683. The summed E-state index contributed by atoms with van der Waals surface area (Å²) in [6.45, 7) is 2.44. The lowest BCUT2D eigenvalue weighted by molar-refractivity contribution is -0.137. The minimum Gasteiger partial charge on any atom is -0.504 e. The van der Waals surface area contributed by atoms with Crippen LogP contribution in [0.4, 0.5) is 13.2 Å². The van der Waals surface area contributed by atoms with Gasteiger partial charge in [0, 0.05) is 29.8 Å². The fourth-order valence-corrected chi connectivity index (χ4v) is 2.41. The van der Waals surface area contributed by atoms with Gasteiger partial charge < -0.3 is 10.1 Å². The number of benzene rings is 1. The van der Waals surface area contributed by atoms with Gasteiger partial charge in [0.25, 0.3) is 0 Å². The number of carbonyl (C=O) groups excluding carboxylic acids is 1. The van der Waals surface area contributed by atoms with Crippen molar-refractivity contribution in [2.45, 2.75) is 19.5 Å². The number of carbonyl (C=O) groups is 1. The molecule has 1 N–H and O–H groups in total. The first kappa shape index (κ1) is 16.1. The fourth-order valence-electron chi connectivity index (χ4n) is 2.41. The van der Waals surface area contributed by atoms with Gasteiger partial charge in [0.15, 0.2) is 5.78 Å². The molecule has 0 fully saturated rings. The number of alkyl halides is 3. The van der Waals surface area contributed by atoms with E-state index in [0.29, 0.717) is 24.2 Å². The molecule has 0 amide bonds. The maximum absolute atomic E-state index is 12.8. The first-order valence-electron chi connectivity index (χ1n) is 6.79. The van der Waals surface area contributed by atoms with Crippen LogP contribution in [0.1, 0.15) is 24.5 Å². The Bertz CT molecular complexity index is 645. The van der Waals surface area contributed by atoms with Crippen LogP contribution < -0.4 is 5.32 Å². The molecule has 6 heteroatoms. The normalized spacial score (nSPS) is 17.3. The van der Waals surface area contributed by atoms with Crippen molar-refractivity contribution in [3.63, 3.8) is 0 Å². The molecule has 0 saturated heterocycles. The summed E-state index contributed by atoms with van der Waals surface area (Å²) in [7, 11) is 1.43. The lowest BCUT2D eigenvalue weighted by atomic mass is 10.00. The van der Waals surface area contributed by atoms with Crippen molar-refractivity contribution in [3.8, 4) is 0 Å². The lowest BCUT2D eigenvalue weighted by Crippen LogP contribution is -2.12. The Hall–Kier alpha value is -2.24. The minimum atomic E-state index is -4.44. The summed E-state index contributed by atoms with van der Waals surface area (Å²) in [6, 6.07) is 4.80. The van der Waals surface area contributed by atoms with Crippen LogP contribution in [0.15, 0.2) is 41.8 Å². The van der Waals surface area contributed by atoms with Crippen LogP contribution in [0.5, 0.6) is 0 Å². The molecule has 0 aliphatic heterocycles. The van der Waals surface area contributed by atoms with Crippen molar-refractivity contribution in [1.29, 1.82) is 0 Å². The van der Waals surface area contributed by atoms with Crippen molar-refractivity contribution < 1.29 is 22.7 Å². The topological polar surface area (TPSA) is 38.3 Å². The number of hydrogen-bond donors (Lipinski definition) is 1. The Kier molecular flexibility index (Phi) is 4.59. The molecule has 0 heterocycles. The number of hydrogen-bond acceptors (Lipinski definition) is 3. The summed E-state index contributed by atoms with van der Waals surface area (Å²) in [5.41, 5.74) is 0.804. The fraction of sp³-hybridized carbons (Fsp3) is 0.312. The Morgan fingerprint density at radius 2 is 2.09 bits per heavy atom. The van der Waals surface area contributed by atoms with E-state index in [2.05, 4.69) is 5.32 Å². The van der Waals surface area contributed by atoms with E-state index in [0.717, 1.165) is 12.1 Å². The molecule has 1 aliphatic rings. The molecule has 0 unspecified atom stereocenters. The predicted molar refractivity (Wildman–Crippen MR) is 76.8 cm³/mol. The molecule has 0 spiro atoms. The molecule has 1 aromatic rings. The van der Waals surface area contributed by atoms with E-state index in [1.54, 1.807) is 0 Å². The van der Waals surface area contributed by atoms with Gasteiger partial charge in [-0.1, -0.05) is 12.1 Å². The maximum Gasteiger partial charge on any atom is 0.416 e. The highest BCUT2D eigenvalue weighted by Gasteiger charge is 2.33. The van der Waals surface area contributed by atoms with Gasteiger partial charge in [0.1, 0.15) is 0 Å². The first-order valence-corrected chi connectivity index (χ1v) is 6.79. The van der Waals surface area contributed by atoms with Crippen molar-refractivity contribution in [2.24, 2.45) is 0 Å². The van der Waals surface area contributed by atoms with E-state index in [-0.39, 0.29) is 16.9 Å². The van der Waals surface area contributed by atoms with Gasteiger partial charge in [0.2, 0.25) is 0 Å². The highest BCUT2D eigenvalue weighted by atomic mass is 19.4. The van der Waals surface area contributed by atoms with E-state index >= 15 is 0 Å². The number of methoxy groups -OCH3 is 1. The SMILES string of the molecule is CCNC1=C(c2cccc(C(F)(F)F)c2)C(=O)/C(=C/OC)C1. The number of Topliss-reactive ketones (excluding diaryl/α,β-unsaturated/α-hetero) is 1. The number of allylic oxidation sites excluding steroid dienone is 2. The molecule has 22 heavy (non-hydrogen) atoms. The third kappa shape index (κ3) is 3.16. The molecule has 0 bridgehead atoms. The molecule has 0 radical (unpaired) electrons. The molecule has 1 aliphatic carbocycles. The van der Waals surface area contributed by atoms with E-state index < -0.39 is 11.7 Å². The van der Waals surface area contributed by atoms with Gasteiger partial charge in [-0.2, -0.15) is 13.2 Å². The average Bonchev–Trinajstić information content (AvgIpc) is 2.75. The number of ether oxygens (including phenoxy) is 1. The third-order valence-corrected chi connectivity index (χ3v) is 3.32. The molecular weight excluding hydrogens is 295 g/mol.